The number of allylic oxidation sites excluding steroid dienone is 11. The van der Waals surface area contributed by atoms with Crippen LogP contribution in [0.4, 0.5) is 5.69 Å². The predicted octanol–water partition coefficient (Wildman–Crippen LogP) is 13.4. The van der Waals surface area contributed by atoms with E-state index in [1.807, 2.05) is 62.4 Å². The van der Waals surface area contributed by atoms with Gasteiger partial charge in [-0.05, 0) is 137 Å². The third-order valence-electron chi connectivity index (χ3n) is 10.1. The Morgan fingerprint density at radius 3 is 2.32 bits per heavy atom. The highest BCUT2D eigenvalue weighted by molar-refractivity contribution is 6.00. The van der Waals surface area contributed by atoms with E-state index < -0.39 is 0 Å². The van der Waals surface area contributed by atoms with Crippen molar-refractivity contribution in [2.75, 3.05) is 5.32 Å². The van der Waals surface area contributed by atoms with Crippen LogP contribution in [0.2, 0.25) is 0 Å². The molecule has 0 bridgehead atoms. The fraction of sp³-hybridized carbons (Fsp3) is 0.111. The minimum absolute atomic E-state index is 0.794. The van der Waals surface area contributed by atoms with Gasteiger partial charge in [0.15, 0.2) is 0 Å². The highest BCUT2D eigenvalue weighted by Crippen LogP contribution is 2.36. The van der Waals surface area contributed by atoms with Gasteiger partial charge in [-0.1, -0.05) is 148 Å². The van der Waals surface area contributed by atoms with Crippen LogP contribution in [0.25, 0.3) is 63.3 Å². The van der Waals surface area contributed by atoms with Crippen molar-refractivity contribution in [3.05, 3.63) is 215 Å². The number of nitrogens with zero attached hydrogens (tertiary/aromatic N) is 1. The third kappa shape index (κ3) is 9.00. The molecule has 2 heteroatoms. The number of benzene rings is 5. The zero-order chi connectivity index (χ0) is 39.4. The third-order valence-corrected chi connectivity index (χ3v) is 10.1. The van der Waals surface area contributed by atoms with E-state index in [1.165, 1.54) is 49.6 Å². The molecule has 1 heterocycles. The van der Waals surface area contributed by atoms with Crippen LogP contribution in [0.15, 0.2) is 177 Å². The molecule has 1 N–H and O–H groups in total. The quantitative estimate of drug-likeness (QED) is 0.111. The molecule has 6 aromatic rings. The Morgan fingerprint density at radius 2 is 1.54 bits per heavy atom. The van der Waals surface area contributed by atoms with Gasteiger partial charge < -0.3 is 9.88 Å². The molecule has 0 aliphatic heterocycles. The van der Waals surface area contributed by atoms with E-state index in [0.717, 1.165) is 51.6 Å². The lowest BCUT2D eigenvalue weighted by Crippen LogP contribution is -2.21. The smallest absolute Gasteiger partial charge is 0.0541 e. The number of hydrogen-bond donors (Lipinski definition) is 1. The molecule has 0 saturated heterocycles. The standard InChI is InChI=1S/C54H52N2/c1-8-12-14-16-24-47-36-46(32-34-52(47)55-41(7)22-15-13-9-2)42(10-3)38-51-50-25-19-20-26-54(50)56(53(51)11-4)49-33-31-44-29-30-45(35-48(44)37-49)40(6)27-28-43-23-18-17-21-39(43)5/h8-9,11-23,25-38,55H,4-5,7,10,24H2,1-3,6H3/b12-8-,13-9-,16-14-,22-15-,40-27+,42-38+,43-28-. The van der Waals surface area contributed by atoms with Crippen LogP contribution < -0.4 is 15.8 Å². The van der Waals surface area contributed by atoms with Gasteiger partial charge in [0.25, 0.3) is 0 Å². The lowest BCUT2D eigenvalue weighted by molar-refractivity contribution is 1.11. The Morgan fingerprint density at radius 1 is 0.786 bits per heavy atom. The van der Waals surface area contributed by atoms with Gasteiger partial charge in [0.05, 0.1) is 11.2 Å². The zero-order valence-electron chi connectivity index (χ0n) is 33.2. The van der Waals surface area contributed by atoms with E-state index in [1.54, 1.807) is 0 Å². The molecule has 0 spiro atoms. The fourth-order valence-electron chi connectivity index (χ4n) is 7.07. The molecular formula is C54H52N2. The molecule has 56 heavy (non-hydrogen) atoms. The first kappa shape index (κ1) is 39.1. The van der Waals surface area contributed by atoms with Gasteiger partial charge in [0.2, 0.25) is 0 Å². The molecular weight excluding hydrogens is 677 g/mol. The van der Waals surface area contributed by atoms with Crippen molar-refractivity contribution in [2.45, 2.75) is 40.5 Å². The summed E-state index contributed by atoms with van der Waals surface area (Å²) in [4.78, 5) is 0. The van der Waals surface area contributed by atoms with Gasteiger partial charge in [-0.15, -0.1) is 0 Å². The van der Waals surface area contributed by atoms with Crippen molar-refractivity contribution in [1.29, 1.82) is 0 Å². The average Bonchev–Trinajstić information content (AvgIpc) is 3.54. The molecule has 5 aromatic carbocycles. The Bertz CT molecular complexity index is 2700. The number of hydrogen-bond acceptors (Lipinski definition) is 1. The van der Waals surface area contributed by atoms with Gasteiger partial charge >= 0.3 is 0 Å². The fourth-order valence-corrected chi connectivity index (χ4v) is 7.07. The summed E-state index contributed by atoms with van der Waals surface area (Å²) in [7, 11) is 0. The summed E-state index contributed by atoms with van der Waals surface area (Å²) in [6.45, 7) is 21.2. The molecule has 2 nitrogen and oxygen atoms in total. The number of rotatable bonds is 14. The summed E-state index contributed by atoms with van der Waals surface area (Å²) in [5.41, 5.74) is 12.5. The summed E-state index contributed by atoms with van der Waals surface area (Å²) >= 11 is 0. The maximum atomic E-state index is 4.35. The van der Waals surface area contributed by atoms with Crippen LogP contribution in [0.5, 0.6) is 0 Å². The van der Waals surface area contributed by atoms with Crippen LogP contribution in [0.3, 0.4) is 0 Å². The van der Waals surface area contributed by atoms with Gasteiger partial charge in [-0.3, -0.25) is 0 Å². The van der Waals surface area contributed by atoms with Gasteiger partial charge in [-0.25, -0.2) is 0 Å². The summed E-state index contributed by atoms with van der Waals surface area (Å²) in [5.74, 6) is 0. The maximum absolute atomic E-state index is 4.35. The summed E-state index contributed by atoms with van der Waals surface area (Å²) in [6.07, 6.45) is 26.8. The average molecular weight is 729 g/mol. The number of anilines is 1. The van der Waals surface area contributed by atoms with Crippen molar-refractivity contribution in [2.24, 2.45) is 0 Å². The van der Waals surface area contributed by atoms with Crippen LogP contribution in [-0.2, 0) is 6.42 Å². The molecule has 0 fully saturated rings. The number of fused-ring (bicyclic) bond motifs is 2. The first-order valence-electron chi connectivity index (χ1n) is 19.4. The SMILES string of the molecule is C=Cc1c(/C=C(\CC)c2ccc(NC(=C)/C=C\C=C/C)c(C/C=C\C=C/C)c2)c2ccccc2n1-c1ccc2ccc(/C(C)=C/C=c3/ccccc3=C)cc2c1. The first-order valence-corrected chi connectivity index (χ1v) is 19.4. The Labute approximate surface area is 333 Å². The highest BCUT2D eigenvalue weighted by Gasteiger charge is 2.17. The summed E-state index contributed by atoms with van der Waals surface area (Å²) in [6, 6.07) is 37.1. The van der Waals surface area contributed by atoms with Gasteiger partial charge in [0, 0.05) is 28.0 Å². The highest BCUT2D eigenvalue weighted by atomic mass is 15.0. The molecule has 0 atom stereocenters. The monoisotopic (exact) mass is 728 g/mol. The maximum Gasteiger partial charge on any atom is 0.0541 e. The summed E-state index contributed by atoms with van der Waals surface area (Å²) < 4.78 is 2.35. The van der Waals surface area contributed by atoms with Crippen molar-refractivity contribution in [1.82, 2.24) is 4.57 Å². The second-order valence-electron chi connectivity index (χ2n) is 13.9. The number of aromatic nitrogens is 1. The summed E-state index contributed by atoms with van der Waals surface area (Å²) in [5, 5.41) is 9.27. The number of nitrogens with one attached hydrogen (secondary N) is 1. The molecule has 278 valence electrons. The molecule has 0 aliphatic carbocycles. The van der Waals surface area contributed by atoms with Crippen LogP contribution in [0, 0.1) is 0 Å². The van der Waals surface area contributed by atoms with E-state index in [0.29, 0.717) is 0 Å². The van der Waals surface area contributed by atoms with Gasteiger partial charge in [0.1, 0.15) is 0 Å². The first-order chi connectivity index (χ1) is 27.3. The minimum atomic E-state index is 0.794. The predicted molar refractivity (Wildman–Crippen MR) is 249 cm³/mol. The van der Waals surface area contributed by atoms with E-state index in [9.17, 15) is 0 Å². The van der Waals surface area contributed by atoms with Crippen LogP contribution in [0.1, 0.15) is 62.1 Å². The minimum Gasteiger partial charge on any atom is -0.356 e. The van der Waals surface area contributed by atoms with Crippen molar-refractivity contribution in [3.63, 3.8) is 0 Å². The van der Waals surface area contributed by atoms with Crippen molar-refractivity contribution >= 4 is 63.3 Å². The Hall–Kier alpha value is -6.64. The van der Waals surface area contributed by atoms with Crippen molar-refractivity contribution < 1.29 is 0 Å². The lowest BCUT2D eigenvalue weighted by Gasteiger charge is -2.15. The van der Waals surface area contributed by atoms with E-state index in [-0.39, 0.29) is 0 Å². The molecule has 0 unspecified atom stereocenters. The molecule has 0 radical (unpaired) electrons. The molecule has 1 aromatic heterocycles. The van der Waals surface area contributed by atoms with E-state index in [4.69, 9.17) is 0 Å². The largest absolute Gasteiger partial charge is 0.356 e. The lowest BCUT2D eigenvalue weighted by atomic mass is 9.95. The van der Waals surface area contributed by atoms with E-state index >= 15 is 0 Å². The molecule has 0 amide bonds. The molecule has 0 aliphatic rings. The van der Waals surface area contributed by atoms with E-state index in [2.05, 4.69) is 171 Å². The van der Waals surface area contributed by atoms with Crippen LogP contribution in [-0.4, -0.2) is 4.57 Å². The van der Waals surface area contributed by atoms with Gasteiger partial charge in [-0.2, -0.15) is 0 Å². The van der Waals surface area contributed by atoms with Crippen LogP contribution >= 0.6 is 0 Å². The second kappa shape index (κ2) is 18.6. The molecule has 6 rings (SSSR count). The zero-order valence-corrected chi connectivity index (χ0v) is 33.2. The molecule has 0 saturated carbocycles. The topological polar surface area (TPSA) is 17.0 Å². The second-order valence-corrected chi connectivity index (χ2v) is 13.9. The Kier molecular flexibility index (Phi) is 13.0. The number of para-hydroxylation sites is 1. The van der Waals surface area contributed by atoms with Crippen molar-refractivity contribution in [3.8, 4) is 5.69 Å². The Balaban J connectivity index is 1.42. The normalized spacial score (nSPS) is 13.0.